The van der Waals surface area contributed by atoms with Crippen LogP contribution in [0.1, 0.15) is 18.9 Å². The van der Waals surface area contributed by atoms with Crippen molar-refractivity contribution in [3.63, 3.8) is 0 Å². The van der Waals surface area contributed by atoms with E-state index >= 15 is 0 Å². The van der Waals surface area contributed by atoms with Crippen molar-refractivity contribution in [1.29, 1.82) is 0 Å². The summed E-state index contributed by atoms with van der Waals surface area (Å²) in [5.41, 5.74) is 0.499. The van der Waals surface area contributed by atoms with Crippen LogP contribution in [0.15, 0.2) is 29.2 Å². The zero-order valence-corrected chi connectivity index (χ0v) is 8.51. The summed E-state index contributed by atoms with van der Waals surface area (Å²) in [7, 11) is 0. The van der Waals surface area contributed by atoms with Crippen LogP contribution >= 0.6 is 0 Å². The van der Waals surface area contributed by atoms with E-state index in [4.69, 9.17) is 5.11 Å². The molecule has 0 aromatic carbocycles. The summed E-state index contributed by atoms with van der Waals surface area (Å²) in [6.07, 6.45) is 4.98. The Balaban J connectivity index is 2.91. The Hall–Kier alpha value is -1.84. The van der Waals surface area contributed by atoms with Crippen LogP contribution in [0.2, 0.25) is 0 Å². The summed E-state index contributed by atoms with van der Waals surface area (Å²) in [6.45, 7) is 2.67. The first-order valence-corrected chi connectivity index (χ1v) is 4.75. The molecule has 80 valence electrons. The van der Waals surface area contributed by atoms with Crippen molar-refractivity contribution < 1.29 is 9.90 Å². The highest BCUT2D eigenvalue weighted by atomic mass is 16.4. The summed E-state index contributed by atoms with van der Waals surface area (Å²) < 4.78 is 1.60. The fourth-order valence-electron chi connectivity index (χ4n) is 1.22. The molecule has 0 radical (unpaired) electrons. The molecule has 1 N–H and O–H groups in total. The minimum absolute atomic E-state index is 0.107. The molecule has 15 heavy (non-hydrogen) atoms. The highest BCUT2D eigenvalue weighted by Gasteiger charge is 1.95. The Morgan fingerprint density at radius 2 is 2.33 bits per heavy atom. The third-order valence-corrected chi connectivity index (χ3v) is 1.90. The van der Waals surface area contributed by atoms with Gasteiger partial charge in [-0.1, -0.05) is 6.92 Å². The minimum atomic E-state index is -1.02. The Bertz CT molecular complexity index is 432. The van der Waals surface area contributed by atoms with Crippen LogP contribution in [0.4, 0.5) is 0 Å². The average molecular weight is 207 g/mol. The van der Waals surface area contributed by atoms with E-state index < -0.39 is 5.97 Å². The molecule has 0 aliphatic rings. The zero-order chi connectivity index (χ0) is 11.3. The molecule has 0 aliphatic carbocycles. The van der Waals surface area contributed by atoms with E-state index in [0.29, 0.717) is 12.1 Å². The lowest BCUT2D eigenvalue weighted by Crippen LogP contribution is -2.18. The predicted octanol–water partition coefficient (Wildman–Crippen LogP) is 1.36. The second-order valence-electron chi connectivity index (χ2n) is 3.16. The molecule has 0 atom stereocenters. The van der Waals surface area contributed by atoms with Crippen molar-refractivity contribution in [2.24, 2.45) is 0 Å². The quantitative estimate of drug-likeness (QED) is 0.758. The molecule has 0 saturated heterocycles. The van der Waals surface area contributed by atoms with Gasteiger partial charge in [-0.25, -0.2) is 4.79 Å². The number of nitrogens with zero attached hydrogens (tertiary/aromatic N) is 1. The normalized spacial score (nSPS) is 10.7. The van der Waals surface area contributed by atoms with Gasteiger partial charge in [0.25, 0.3) is 5.56 Å². The van der Waals surface area contributed by atoms with Gasteiger partial charge >= 0.3 is 5.97 Å². The Morgan fingerprint density at radius 3 is 2.87 bits per heavy atom. The molecule has 0 unspecified atom stereocenters. The number of aryl methyl sites for hydroxylation is 1. The van der Waals surface area contributed by atoms with Gasteiger partial charge in [0.2, 0.25) is 0 Å². The number of hydrogen-bond acceptors (Lipinski definition) is 2. The lowest BCUT2D eigenvalue weighted by molar-refractivity contribution is -0.131. The largest absolute Gasteiger partial charge is 0.478 e. The lowest BCUT2D eigenvalue weighted by atomic mass is 10.2. The van der Waals surface area contributed by atoms with Crippen molar-refractivity contribution >= 4 is 12.0 Å². The van der Waals surface area contributed by atoms with Crippen LogP contribution in [-0.4, -0.2) is 15.6 Å². The second-order valence-corrected chi connectivity index (χ2v) is 3.16. The predicted molar refractivity (Wildman–Crippen MR) is 57.7 cm³/mol. The van der Waals surface area contributed by atoms with Gasteiger partial charge < -0.3 is 9.67 Å². The average Bonchev–Trinajstić information content (AvgIpc) is 2.19. The van der Waals surface area contributed by atoms with Crippen LogP contribution in [0.3, 0.4) is 0 Å². The molecule has 1 aromatic rings. The number of rotatable bonds is 4. The van der Waals surface area contributed by atoms with E-state index in [1.807, 2.05) is 6.92 Å². The first kappa shape index (κ1) is 11.2. The molecule has 4 heteroatoms. The smallest absolute Gasteiger partial charge is 0.328 e. The van der Waals surface area contributed by atoms with E-state index in [1.165, 1.54) is 12.1 Å². The number of carboxylic acid groups (broad SMARTS) is 1. The Morgan fingerprint density at radius 1 is 1.60 bits per heavy atom. The molecule has 1 aromatic heterocycles. The molecule has 0 aliphatic heterocycles. The monoisotopic (exact) mass is 207 g/mol. The fourth-order valence-corrected chi connectivity index (χ4v) is 1.22. The molecule has 0 spiro atoms. The van der Waals surface area contributed by atoms with Gasteiger partial charge in [0, 0.05) is 24.9 Å². The SMILES string of the molecule is CCCn1ccc(/C=C/C(=O)O)cc1=O. The highest BCUT2D eigenvalue weighted by Crippen LogP contribution is 1.98. The first-order valence-electron chi connectivity index (χ1n) is 4.75. The van der Waals surface area contributed by atoms with Gasteiger partial charge in [0.15, 0.2) is 0 Å². The van der Waals surface area contributed by atoms with Gasteiger partial charge in [-0.2, -0.15) is 0 Å². The molecule has 0 saturated carbocycles. The van der Waals surface area contributed by atoms with E-state index in [-0.39, 0.29) is 5.56 Å². The van der Waals surface area contributed by atoms with Crippen molar-refractivity contribution in [2.45, 2.75) is 19.9 Å². The standard InChI is InChI=1S/C11H13NO3/c1-2-6-12-7-5-9(8-10(12)13)3-4-11(14)15/h3-5,7-8H,2,6H2,1H3,(H,14,15)/b4-3+. The molecule has 0 fully saturated rings. The third-order valence-electron chi connectivity index (χ3n) is 1.90. The summed E-state index contributed by atoms with van der Waals surface area (Å²) in [6, 6.07) is 3.14. The highest BCUT2D eigenvalue weighted by molar-refractivity contribution is 5.85. The summed E-state index contributed by atoms with van der Waals surface area (Å²) in [4.78, 5) is 21.7. The summed E-state index contributed by atoms with van der Waals surface area (Å²) in [5.74, 6) is -1.02. The second kappa shape index (κ2) is 5.14. The van der Waals surface area contributed by atoms with Gasteiger partial charge in [0.1, 0.15) is 0 Å². The first-order chi connectivity index (χ1) is 7.13. The molecule has 4 nitrogen and oxygen atoms in total. The van der Waals surface area contributed by atoms with E-state index in [9.17, 15) is 9.59 Å². The van der Waals surface area contributed by atoms with Gasteiger partial charge in [-0.05, 0) is 24.1 Å². The molecule has 0 bridgehead atoms. The molecule has 0 amide bonds. The van der Waals surface area contributed by atoms with Crippen molar-refractivity contribution in [3.8, 4) is 0 Å². The molecule has 1 rings (SSSR count). The minimum Gasteiger partial charge on any atom is -0.478 e. The number of aromatic nitrogens is 1. The molecular formula is C11H13NO3. The third kappa shape index (κ3) is 3.42. The topological polar surface area (TPSA) is 59.3 Å². The number of carboxylic acids is 1. The maximum absolute atomic E-state index is 11.5. The van der Waals surface area contributed by atoms with E-state index in [1.54, 1.807) is 16.8 Å². The summed E-state index contributed by atoms with van der Waals surface area (Å²) in [5, 5.41) is 8.41. The van der Waals surface area contributed by atoms with Crippen molar-refractivity contribution in [2.75, 3.05) is 0 Å². The van der Waals surface area contributed by atoms with Crippen molar-refractivity contribution in [3.05, 3.63) is 40.3 Å². The van der Waals surface area contributed by atoms with Crippen LogP contribution < -0.4 is 5.56 Å². The van der Waals surface area contributed by atoms with Crippen LogP contribution in [-0.2, 0) is 11.3 Å². The maximum Gasteiger partial charge on any atom is 0.328 e. The summed E-state index contributed by atoms with van der Waals surface area (Å²) >= 11 is 0. The number of aliphatic carboxylic acids is 1. The van der Waals surface area contributed by atoms with Crippen molar-refractivity contribution in [1.82, 2.24) is 4.57 Å². The number of pyridine rings is 1. The number of hydrogen-bond donors (Lipinski definition) is 1. The zero-order valence-electron chi connectivity index (χ0n) is 8.51. The molecule has 1 heterocycles. The fraction of sp³-hybridized carbons (Fsp3) is 0.273. The Kier molecular flexibility index (Phi) is 3.85. The Labute approximate surface area is 87.5 Å². The molecular weight excluding hydrogens is 194 g/mol. The van der Waals surface area contributed by atoms with Crippen LogP contribution in [0.25, 0.3) is 6.08 Å². The lowest BCUT2D eigenvalue weighted by Gasteiger charge is -2.02. The van der Waals surface area contributed by atoms with E-state index in [0.717, 1.165) is 12.5 Å². The maximum atomic E-state index is 11.5. The number of carbonyl (C=O) groups is 1. The van der Waals surface area contributed by atoms with Gasteiger partial charge in [-0.15, -0.1) is 0 Å². The van der Waals surface area contributed by atoms with E-state index in [2.05, 4.69) is 0 Å². The van der Waals surface area contributed by atoms with Gasteiger partial charge in [-0.3, -0.25) is 4.79 Å². The van der Waals surface area contributed by atoms with Gasteiger partial charge in [0.05, 0.1) is 0 Å². The van der Waals surface area contributed by atoms with Crippen LogP contribution in [0, 0.1) is 0 Å². The van der Waals surface area contributed by atoms with Crippen LogP contribution in [0.5, 0.6) is 0 Å².